The van der Waals surface area contributed by atoms with E-state index in [0.717, 1.165) is 36.8 Å². The SMILES string of the molecule is O=C(c1coc2ccccc12)C1CCCCN1. The van der Waals surface area contributed by atoms with Gasteiger partial charge in [0.25, 0.3) is 0 Å². The number of furan rings is 1. The summed E-state index contributed by atoms with van der Waals surface area (Å²) in [5.41, 5.74) is 1.49. The molecule has 1 saturated heterocycles. The normalized spacial score (nSPS) is 20.6. The van der Waals surface area contributed by atoms with Crippen LogP contribution in [0.15, 0.2) is 34.9 Å². The lowest BCUT2D eigenvalue weighted by Crippen LogP contribution is -2.40. The fraction of sp³-hybridized carbons (Fsp3) is 0.357. The third-order valence-electron chi connectivity index (χ3n) is 3.37. The van der Waals surface area contributed by atoms with Crippen LogP contribution in [0.5, 0.6) is 0 Å². The first-order chi connectivity index (χ1) is 8.36. The van der Waals surface area contributed by atoms with E-state index in [1.165, 1.54) is 0 Å². The molecule has 1 aromatic carbocycles. The zero-order valence-corrected chi connectivity index (χ0v) is 9.61. The minimum absolute atomic E-state index is 0.0373. The van der Waals surface area contributed by atoms with Gasteiger partial charge in [0.1, 0.15) is 11.8 Å². The summed E-state index contributed by atoms with van der Waals surface area (Å²) in [6.07, 6.45) is 4.80. The summed E-state index contributed by atoms with van der Waals surface area (Å²) in [5.74, 6) is 0.162. The maximum atomic E-state index is 12.4. The molecule has 0 aliphatic carbocycles. The van der Waals surface area contributed by atoms with Gasteiger partial charge in [-0.25, -0.2) is 0 Å². The van der Waals surface area contributed by atoms with Crippen LogP contribution in [0.25, 0.3) is 11.0 Å². The van der Waals surface area contributed by atoms with E-state index in [-0.39, 0.29) is 11.8 Å². The number of piperidine rings is 1. The Balaban J connectivity index is 1.95. The van der Waals surface area contributed by atoms with Crippen LogP contribution >= 0.6 is 0 Å². The number of ketones is 1. The van der Waals surface area contributed by atoms with Crippen molar-refractivity contribution in [2.24, 2.45) is 0 Å². The van der Waals surface area contributed by atoms with Crippen molar-refractivity contribution in [3.05, 3.63) is 36.1 Å². The molecule has 3 heteroatoms. The highest BCUT2D eigenvalue weighted by atomic mass is 16.3. The quantitative estimate of drug-likeness (QED) is 0.805. The van der Waals surface area contributed by atoms with Crippen molar-refractivity contribution in [2.45, 2.75) is 25.3 Å². The zero-order chi connectivity index (χ0) is 11.7. The van der Waals surface area contributed by atoms with E-state index in [9.17, 15) is 4.79 Å². The van der Waals surface area contributed by atoms with E-state index in [0.29, 0.717) is 5.56 Å². The number of hydrogen-bond acceptors (Lipinski definition) is 3. The van der Waals surface area contributed by atoms with Crippen LogP contribution in [0.1, 0.15) is 29.6 Å². The molecular weight excluding hydrogens is 214 g/mol. The summed E-state index contributed by atoms with van der Waals surface area (Å²) >= 11 is 0. The molecule has 1 fully saturated rings. The van der Waals surface area contributed by atoms with Crippen molar-refractivity contribution in [2.75, 3.05) is 6.54 Å². The van der Waals surface area contributed by atoms with Crippen LogP contribution in [0, 0.1) is 0 Å². The Bertz CT molecular complexity index is 538. The minimum Gasteiger partial charge on any atom is -0.464 e. The molecule has 88 valence electrons. The molecule has 1 aliphatic rings. The third kappa shape index (κ3) is 1.87. The molecular formula is C14H15NO2. The predicted octanol–water partition coefficient (Wildman–Crippen LogP) is 2.76. The molecule has 1 N–H and O–H groups in total. The molecule has 2 heterocycles. The van der Waals surface area contributed by atoms with E-state index in [2.05, 4.69) is 5.32 Å². The first-order valence-corrected chi connectivity index (χ1v) is 6.10. The molecule has 0 bridgehead atoms. The summed E-state index contributed by atoms with van der Waals surface area (Å²) in [7, 11) is 0. The van der Waals surface area contributed by atoms with Crippen LogP contribution < -0.4 is 5.32 Å². The molecule has 1 atom stereocenters. The average molecular weight is 229 g/mol. The fourth-order valence-corrected chi connectivity index (χ4v) is 2.43. The van der Waals surface area contributed by atoms with Gasteiger partial charge in [-0.05, 0) is 25.5 Å². The standard InChI is InChI=1S/C14H15NO2/c16-14(12-6-3-4-8-15-12)11-9-17-13-7-2-1-5-10(11)13/h1-2,5,7,9,12,15H,3-4,6,8H2. The van der Waals surface area contributed by atoms with Gasteiger partial charge in [-0.2, -0.15) is 0 Å². The Kier molecular flexibility index (Phi) is 2.69. The van der Waals surface area contributed by atoms with Gasteiger partial charge in [0.05, 0.1) is 11.6 Å². The summed E-state index contributed by atoms with van der Waals surface area (Å²) in [6.45, 7) is 0.937. The van der Waals surface area contributed by atoms with Gasteiger partial charge < -0.3 is 9.73 Å². The Morgan fingerprint density at radius 2 is 2.18 bits per heavy atom. The molecule has 1 aliphatic heterocycles. The third-order valence-corrected chi connectivity index (χ3v) is 3.37. The number of rotatable bonds is 2. The number of benzene rings is 1. The van der Waals surface area contributed by atoms with Crippen molar-refractivity contribution in [1.29, 1.82) is 0 Å². The first kappa shape index (κ1) is 10.5. The van der Waals surface area contributed by atoms with Crippen molar-refractivity contribution in [3.8, 4) is 0 Å². The lowest BCUT2D eigenvalue weighted by atomic mass is 9.96. The van der Waals surface area contributed by atoms with Gasteiger partial charge in [0.15, 0.2) is 5.78 Å². The van der Waals surface area contributed by atoms with Gasteiger partial charge >= 0.3 is 0 Å². The Labute approximate surface area is 99.8 Å². The molecule has 17 heavy (non-hydrogen) atoms. The highest BCUT2D eigenvalue weighted by Crippen LogP contribution is 2.23. The van der Waals surface area contributed by atoms with Crippen molar-refractivity contribution < 1.29 is 9.21 Å². The number of Topliss-reactive ketones (excluding diaryl/α,β-unsaturated/α-hetero) is 1. The van der Waals surface area contributed by atoms with Crippen LogP contribution in [0.4, 0.5) is 0 Å². The maximum Gasteiger partial charge on any atom is 0.183 e. The fourth-order valence-electron chi connectivity index (χ4n) is 2.43. The number of nitrogens with one attached hydrogen (secondary N) is 1. The number of carbonyl (C=O) groups is 1. The largest absolute Gasteiger partial charge is 0.464 e. The molecule has 3 nitrogen and oxygen atoms in total. The van der Waals surface area contributed by atoms with E-state index in [1.807, 2.05) is 24.3 Å². The minimum atomic E-state index is -0.0373. The van der Waals surface area contributed by atoms with Crippen molar-refractivity contribution in [3.63, 3.8) is 0 Å². The second-order valence-electron chi connectivity index (χ2n) is 4.51. The molecule has 0 radical (unpaired) electrons. The van der Waals surface area contributed by atoms with E-state index in [1.54, 1.807) is 6.26 Å². The molecule has 1 aromatic heterocycles. The molecule has 0 amide bonds. The number of fused-ring (bicyclic) bond motifs is 1. The van der Waals surface area contributed by atoms with Crippen LogP contribution in [-0.2, 0) is 0 Å². The number of para-hydroxylation sites is 1. The van der Waals surface area contributed by atoms with E-state index < -0.39 is 0 Å². The summed E-state index contributed by atoms with van der Waals surface area (Å²) in [6, 6.07) is 7.64. The smallest absolute Gasteiger partial charge is 0.183 e. The summed E-state index contributed by atoms with van der Waals surface area (Å²) in [4.78, 5) is 12.4. The maximum absolute atomic E-state index is 12.4. The molecule has 0 saturated carbocycles. The van der Waals surface area contributed by atoms with Crippen molar-refractivity contribution in [1.82, 2.24) is 5.32 Å². The highest BCUT2D eigenvalue weighted by Gasteiger charge is 2.24. The van der Waals surface area contributed by atoms with Crippen molar-refractivity contribution >= 4 is 16.8 Å². The topological polar surface area (TPSA) is 42.2 Å². The van der Waals surface area contributed by atoms with E-state index in [4.69, 9.17) is 4.42 Å². The average Bonchev–Trinajstić information content (AvgIpc) is 2.83. The monoisotopic (exact) mass is 229 g/mol. The Hall–Kier alpha value is -1.61. The number of hydrogen-bond donors (Lipinski definition) is 1. The number of carbonyl (C=O) groups excluding carboxylic acids is 1. The second-order valence-corrected chi connectivity index (χ2v) is 4.51. The Morgan fingerprint density at radius 1 is 1.29 bits per heavy atom. The molecule has 2 aromatic rings. The highest BCUT2D eigenvalue weighted by molar-refractivity contribution is 6.09. The summed E-state index contributed by atoms with van der Waals surface area (Å²) in [5, 5.41) is 4.20. The van der Waals surface area contributed by atoms with Gasteiger partial charge in [-0.3, -0.25) is 4.79 Å². The van der Waals surface area contributed by atoms with E-state index >= 15 is 0 Å². The first-order valence-electron chi connectivity index (χ1n) is 6.10. The molecule has 1 unspecified atom stereocenters. The van der Waals surface area contributed by atoms with Crippen LogP contribution in [0.3, 0.4) is 0 Å². The van der Waals surface area contributed by atoms with Crippen LogP contribution in [-0.4, -0.2) is 18.4 Å². The lowest BCUT2D eigenvalue weighted by Gasteiger charge is -2.21. The Morgan fingerprint density at radius 3 is 3.00 bits per heavy atom. The van der Waals surface area contributed by atoms with Gasteiger partial charge in [0, 0.05) is 5.39 Å². The predicted molar refractivity (Wildman–Crippen MR) is 66.2 cm³/mol. The second kappa shape index (κ2) is 4.34. The summed E-state index contributed by atoms with van der Waals surface area (Å²) < 4.78 is 5.41. The zero-order valence-electron chi connectivity index (χ0n) is 9.61. The van der Waals surface area contributed by atoms with Gasteiger partial charge in [-0.15, -0.1) is 0 Å². The van der Waals surface area contributed by atoms with Gasteiger partial charge in [0.2, 0.25) is 0 Å². The molecule has 0 spiro atoms. The van der Waals surface area contributed by atoms with Gasteiger partial charge in [-0.1, -0.05) is 24.6 Å². The van der Waals surface area contributed by atoms with Crippen LogP contribution in [0.2, 0.25) is 0 Å². The molecule has 3 rings (SSSR count). The lowest BCUT2D eigenvalue weighted by molar-refractivity contribution is 0.0928.